The fourth-order valence-electron chi connectivity index (χ4n) is 2.86. The van der Waals surface area contributed by atoms with E-state index >= 15 is 0 Å². The number of benzene rings is 1. The SMILES string of the molecule is Cc1cccc(-c2nnc(SC(C)C(=O)N3CCCC3)n2C)c1. The first kappa shape index (κ1) is 16.1. The normalized spacial score (nSPS) is 15.9. The molecule has 122 valence electrons. The van der Waals surface area contributed by atoms with Crippen molar-refractivity contribution in [3.8, 4) is 11.4 Å². The first-order valence-corrected chi connectivity index (χ1v) is 8.86. The molecule has 1 unspecified atom stereocenters. The number of aromatic nitrogens is 3. The molecular weight excluding hydrogens is 308 g/mol. The summed E-state index contributed by atoms with van der Waals surface area (Å²) in [6, 6.07) is 8.21. The standard InChI is InChI=1S/C17H22N4OS/c1-12-7-6-8-14(11-12)15-18-19-17(20(15)3)23-13(2)16(22)21-9-4-5-10-21/h6-8,11,13H,4-5,9-10H2,1-3H3. The summed E-state index contributed by atoms with van der Waals surface area (Å²) in [6.45, 7) is 5.78. The van der Waals surface area contributed by atoms with E-state index in [4.69, 9.17) is 0 Å². The first-order valence-electron chi connectivity index (χ1n) is 7.98. The molecule has 1 aliphatic heterocycles. The number of amides is 1. The molecule has 0 spiro atoms. The summed E-state index contributed by atoms with van der Waals surface area (Å²) in [5, 5.41) is 9.22. The molecule has 2 heterocycles. The van der Waals surface area contributed by atoms with E-state index in [9.17, 15) is 4.79 Å². The van der Waals surface area contributed by atoms with Crippen molar-refractivity contribution in [2.24, 2.45) is 7.05 Å². The highest BCUT2D eigenvalue weighted by Crippen LogP contribution is 2.27. The Morgan fingerprint density at radius 1 is 1.26 bits per heavy atom. The van der Waals surface area contributed by atoms with Gasteiger partial charge in [-0.3, -0.25) is 4.79 Å². The summed E-state index contributed by atoms with van der Waals surface area (Å²) in [4.78, 5) is 14.4. The Labute approximate surface area is 141 Å². The molecule has 1 saturated heterocycles. The van der Waals surface area contributed by atoms with E-state index in [1.807, 2.05) is 35.6 Å². The zero-order valence-corrected chi connectivity index (χ0v) is 14.6. The van der Waals surface area contributed by atoms with Crippen molar-refractivity contribution in [1.82, 2.24) is 19.7 Å². The maximum absolute atomic E-state index is 12.4. The van der Waals surface area contributed by atoms with Crippen molar-refractivity contribution in [2.45, 2.75) is 37.1 Å². The first-order chi connectivity index (χ1) is 11.1. The van der Waals surface area contributed by atoms with Crippen LogP contribution in [0.25, 0.3) is 11.4 Å². The second kappa shape index (κ2) is 6.74. The largest absolute Gasteiger partial charge is 0.342 e. The van der Waals surface area contributed by atoms with E-state index in [1.165, 1.54) is 17.3 Å². The predicted molar refractivity (Wildman–Crippen MR) is 92.3 cm³/mol. The summed E-state index contributed by atoms with van der Waals surface area (Å²) >= 11 is 1.48. The highest BCUT2D eigenvalue weighted by Gasteiger charge is 2.25. The van der Waals surface area contributed by atoms with E-state index in [1.54, 1.807) is 0 Å². The molecule has 23 heavy (non-hydrogen) atoms. The number of thioether (sulfide) groups is 1. The number of nitrogens with zero attached hydrogens (tertiary/aromatic N) is 4. The van der Waals surface area contributed by atoms with Gasteiger partial charge in [-0.2, -0.15) is 0 Å². The van der Waals surface area contributed by atoms with Crippen LogP contribution in [0.4, 0.5) is 0 Å². The van der Waals surface area contributed by atoms with Gasteiger partial charge in [-0.15, -0.1) is 10.2 Å². The van der Waals surface area contributed by atoms with Gasteiger partial charge in [0.25, 0.3) is 0 Å². The van der Waals surface area contributed by atoms with Crippen LogP contribution in [0.5, 0.6) is 0 Å². The molecule has 1 aromatic heterocycles. The second-order valence-electron chi connectivity index (χ2n) is 6.03. The predicted octanol–water partition coefficient (Wildman–Crippen LogP) is 2.89. The molecule has 0 bridgehead atoms. The van der Waals surface area contributed by atoms with E-state index in [2.05, 4.69) is 29.3 Å². The van der Waals surface area contributed by atoms with Crippen LogP contribution >= 0.6 is 11.8 Å². The van der Waals surface area contributed by atoms with E-state index < -0.39 is 0 Å². The summed E-state index contributed by atoms with van der Waals surface area (Å²) in [7, 11) is 1.95. The van der Waals surface area contributed by atoms with Crippen LogP contribution in [-0.2, 0) is 11.8 Å². The van der Waals surface area contributed by atoms with E-state index in [0.29, 0.717) is 0 Å². The molecule has 1 atom stereocenters. The summed E-state index contributed by atoms with van der Waals surface area (Å²) in [5.74, 6) is 1.03. The molecule has 6 heteroatoms. The van der Waals surface area contributed by atoms with Gasteiger partial charge in [0.2, 0.25) is 5.91 Å². The van der Waals surface area contributed by atoms with Crippen molar-refractivity contribution in [3.05, 3.63) is 29.8 Å². The molecule has 1 fully saturated rings. The summed E-state index contributed by atoms with van der Waals surface area (Å²) in [5.41, 5.74) is 2.24. The topological polar surface area (TPSA) is 51.0 Å². The highest BCUT2D eigenvalue weighted by atomic mass is 32.2. The molecule has 2 aromatic rings. The number of carbonyl (C=O) groups is 1. The van der Waals surface area contributed by atoms with E-state index in [0.717, 1.165) is 42.5 Å². The Morgan fingerprint density at radius 3 is 2.70 bits per heavy atom. The van der Waals surface area contributed by atoms with Crippen molar-refractivity contribution in [2.75, 3.05) is 13.1 Å². The molecule has 0 saturated carbocycles. The average molecular weight is 330 g/mol. The van der Waals surface area contributed by atoms with Crippen molar-refractivity contribution < 1.29 is 4.79 Å². The lowest BCUT2D eigenvalue weighted by Crippen LogP contribution is -2.34. The second-order valence-corrected chi connectivity index (χ2v) is 7.34. The minimum absolute atomic E-state index is 0.138. The molecule has 0 N–H and O–H groups in total. The zero-order valence-electron chi connectivity index (χ0n) is 13.8. The minimum Gasteiger partial charge on any atom is -0.342 e. The number of hydrogen-bond acceptors (Lipinski definition) is 4. The number of carbonyl (C=O) groups excluding carboxylic acids is 1. The van der Waals surface area contributed by atoms with Crippen LogP contribution in [0.15, 0.2) is 29.4 Å². The zero-order chi connectivity index (χ0) is 16.4. The Kier molecular flexibility index (Phi) is 4.71. The van der Waals surface area contributed by atoms with Crippen LogP contribution in [0, 0.1) is 6.92 Å². The molecule has 3 rings (SSSR count). The number of hydrogen-bond donors (Lipinski definition) is 0. The van der Waals surface area contributed by atoms with Crippen molar-refractivity contribution in [1.29, 1.82) is 0 Å². The van der Waals surface area contributed by atoms with Crippen molar-refractivity contribution in [3.63, 3.8) is 0 Å². The molecule has 1 amide bonds. The molecule has 5 nitrogen and oxygen atoms in total. The third-order valence-electron chi connectivity index (χ3n) is 4.16. The Bertz CT molecular complexity index is 706. The van der Waals surface area contributed by atoms with Gasteiger partial charge in [0, 0.05) is 25.7 Å². The highest BCUT2D eigenvalue weighted by molar-refractivity contribution is 8.00. The smallest absolute Gasteiger partial charge is 0.235 e. The third-order valence-corrected chi connectivity index (χ3v) is 5.28. The van der Waals surface area contributed by atoms with Crippen LogP contribution in [0.1, 0.15) is 25.3 Å². The van der Waals surface area contributed by atoms with Gasteiger partial charge in [-0.05, 0) is 32.8 Å². The monoisotopic (exact) mass is 330 g/mol. The third kappa shape index (κ3) is 3.42. The van der Waals surface area contributed by atoms with Crippen LogP contribution < -0.4 is 0 Å². The molecule has 1 aliphatic rings. The van der Waals surface area contributed by atoms with Gasteiger partial charge in [0.05, 0.1) is 5.25 Å². The Hall–Kier alpha value is -1.82. The summed E-state index contributed by atoms with van der Waals surface area (Å²) in [6.07, 6.45) is 2.23. The Morgan fingerprint density at radius 2 is 2.00 bits per heavy atom. The van der Waals surface area contributed by atoms with E-state index in [-0.39, 0.29) is 11.2 Å². The lowest BCUT2D eigenvalue weighted by molar-refractivity contribution is -0.129. The number of likely N-dealkylation sites (tertiary alicyclic amines) is 1. The maximum atomic E-state index is 12.4. The fraction of sp³-hybridized carbons (Fsp3) is 0.471. The van der Waals surface area contributed by atoms with Crippen LogP contribution in [0.3, 0.4) is 0 Å². The molecule has 1 aromatic carbocycles. The Balaban J connectivity index is 1.75. The van der Waals surface area contributed by atoms with Crippen molar-refractivity contribution >= 4 is 17.7 Å². The van der Waals surface area contributed by atoms with Crippen LogP contribution in [-0.4, -0.2) is 43.9 Å². The van der Waals surface area contributed by atoms with Gasteiger partial charge < -0.3 is 9.47 Å². The fourth-order valence-corrected chi connectivity index (χ4v) is 3.75. The average Bonchev–Trinajstić information content (AvgIpc) is 3.17. The van der Waals surface area contributed by atoms with Gasteiger partial charge in [-0.1, -0.05) is 35.5 Å². The molecule has 0 radical (unpaired) electrons. The summed E-state index contributed by atoms with van der Waals surface area (Å²) < 4.78 is 1.97. The number of rotatable bonds is 4. The molecule has 0 aliphatic carbocycles. The van der Waals surface area contributed by atoms with Gasteiger partial charge in [-0.25, -0.2) is 0 Å². The van der Waals surface area contributed by atoms with Gasteiger partial charge >= 0.3 is 0 Å². The molecular formula is C17H22N4OS. The lowest BCUT2D eigenvalue weighted by Gasteiger charge is -2.19. The lowest BCUT2D eigenvalue weighted by atomic mass is 10.1. The minimum atomic E-state index is -0.138. The van der Waals surface area contributed by atoms with Gasteiger partial charge in [0.1, 0.15) is 0 Å². The number of aryl methyl sites for hydroxylation is 1. The van der Waals surface area contributed by atoms with Gasteiger partial charge in [0.15, 0.2) is 11.0 Å². The van der Waals surface area contributed by atoms with Crippen LogP contribution in [0.2, 0.25) is 0 Å². The quantitative estimate of drug-likeness (QED) is 0.809. The maximum Gasteiger partial charge on any atom is 0.235 e.